The first-order valence-electron chi connectivity index (χ1n) is 6.60. The Morgan fingerprint density at radius 2 is 2.17 bits per heavy atom. The van der Waals surface area contributed by atoms with Gasteiger partial charge in [-0.1, -0.05) is 6.07 Å². The molecule has 1 aliphatic rings. The van der Waals surface area contributed by atoms with Crippen molar-refractivity contribution in [3.05, 3.63) is 18.2 Å². The van der Waals surface area contributed by atoms with Gasteiger partial charge in [-0.25, -0.2) is 0 Å². The first kappa shape index (κ1) is 13.0. The molecule has 0 aromatic heterocycles. The molecule has 18 heavy (non-hydrogen) atoms. The van der Waals surface area contributed by atoms with Crippen LogP contribution in [0.5, 0.6) is 5.75 Å². The Hall–Kier alpha value is -1.42. The van der Waals surface area contributed by atoms with Crippen LogP contribution in [0.1, 0.15) is 13.8 Å². The highest BCUT2D eigenvalue weighted by Gasteiger charge is 2.23. The quantitative estimate of drug-likeness (QED) is 0.830. The molecule has 2 rings (SSSR count). The van der Waals surface area contributed by atoms with Crippen molar-refractivity contribution in [2.75, 3.05) is 43.9 Å². The number of likely N-dealkylation sites (N-methyl/N-ethyl adjacent to an activating group) is 1. The first-order valence-corrected chi connectivity index (χ1v) is 6.60. The van der Waals surface area contributed by atoms with Crippen molar-refractivity contribution < 1.29 is 4.74 Å². The number of ether oxygens (including phenoxy) is 1. The van der Waals surface area contributed by atoms with Crippen molar-refractivity contribution in [2.45, 2.75) is 19.9 Å². The van der Waals surface area contributed by atoms with E-state index in [-0.39, 0.29) is 0 Å². The fourth-order valence-electron chi connectivity index (χ4n) is 2.56. The lowest BCUT2D eigenvalue weighted by Gasteiger charge is -2.40. The average Bonchev–Trinajstić information content (AvgIpc) is 2.33. The summed E-state index contributed by atoms with van der Waals surface area (Å²) in [6.45, 7) is 8.01. The summed E-state index contributed by atoms with van der Waals surface area (Å²) < 4.78 is 5.56. The van der Waals surface area contributed by atoms with Crippen LogP contribution in [0.25, 0.3) is 0 Å². The van der Waals surface area contributed by atoms with Crippen LogP contribution in [-0.4, -0.2) is 44.2 Å². The molecule has 1 saturated heterocycles. The minimum absolute atomic E-state index is 0.475. The van der Waals surface area contributed by atoms with Gasteiger partial charge in [-0.3, -0.25) is 0 Å². The fourth-order valence-corrected chi connectivity index (χ4v) is 2.56. The number of benzene rings is 1. The Bertz CT molecular complexity index is 408. The van der Waals surface area contributed by atoms with Gasteiger partial charge in [-0.15, -0.1) is 0 Å². The van der Waals surface area contributed by atoms with Crippen molar-refractivity contribution in [3.8, 4) is 5.75 Å². The minimum Gasteiger partial charge on any atom is -0.492 e. The molecule has 0 radical (unpaired) electrons. The lowest BCUT2D eigenvalue weighted by atomic mass is 10.1. The second-order valence-electron chi connectivity index (χ2n) is 4.93. The standard InChI is InChI=1S/C14H23N3O/c1-4-18-13-7-5-6-12(14(13)15)17-9-8-16(3)10-11(17)2/h5-7,11H,4,8-10,15H2,1-3H3. The fraction of sp³-hybridized carbons (Fsp3) is 0.571. The summed E-state index contributed by atoms with van der Waals surface area (Å²) in [5.41, 5.74) is 8.08. The summed E-state index contributed by atoms with van der Waals surface area (Å²) in [6.07, 6.45) is 0. The third kappa shape index (κ3) is 2.53. The molecule has 1 fully saturated rings. The smallest absolute Gasteiger partial charge is 0.144 e. The molecule has 1 aromatic carbocycles. The molecule has 100 valence electrons. The van der Waals surface area contributed by atoms with Crippen molar-refractivity contribution in [3.63, 3.8) is 0 Å². The lowest BCUT2D eigenvalue weighted by Crippen LogP contribution is -2.50. The van der Waals surface area contributed by atoms with E-state index in [0.717, 1.165) is 36.8 Å². The second-order valence-corrected chi connectivity index (χ2v) is 4.93. The Kier molecular flexibility index (Phi) is 3.97. The van der Waals surface area contributed by atoms with E-state index in [1.165, 1.54) is 0 Å². The highest BCUT2D eigenvalue weighted by Crippen LogP contribution is 2.34. The maximum absolute atomic E-state index is 6.22. The highest BCUT2D eigenvalue weighted by molar-refractivity contribution is 5.74. The van der Waals surface area contributed by atoms with Crippen molar-refractivity contribution in [1.29, 1.82) is 0 Å². The van der Waals surface area contributed by atoms with Crippen LogP contribution >= 0.6 is 0 Å². The molecule has 1 unspecified atom stereocenters. The van der Waals surface area contributed by atoms with Gasteiger partial charge >= 0.3 is 0 Å². The van der Waals surface area contributed by atoms with Gasteiger partial charge in [0.15, 0.2) is 0 Å². The molecule has 1 heterocycles. The number of hydrogen-bond acceptors (Lipinski definition) is 4. The molecular weight excluding hydrogens is 226 g/mol. The van der Waals surface area contributed by atoms with E-state index in [9.17, 15) is 0 Å². The van der Waals surface area contributed by atoms with Gasteiger partial charge in [0.1, 0.15) is 5.75 Å². The minimum atomic E-state index is 0.475. The predicted octanol–water partition coefficient (Wildman–Crippen LogP) is 1.81. The Morgan fingerprint density at radius 3 is 2.83 bits per heavy atom. The summed E-state index contributed by atoms with van der Waals surface area (Å²) in [5.74, 6) is 0.793. The number of anilines is 2. The predicted molar refractivity (Wildman–Crippen MR) is 76.3 cm³/mol. The highest BCUT2D eigenvalue weighted by atomic mass is 16.5. The van der Waals surface area contributed by atoms with E-state index in [1.54, 1.807) is 0 Å². The number of nitrogens with two attached hydrogens (primary N) is 1. The van der Waals surface area contributed by atoms with Crippen molar-refractivity contribution in [2.24, 2.45) is 0 Å². The van der Waals surface area contributed by atoms with Crippen LogP contribution in [0.4, 0.5) is 11.4 Å². The van der Waals surface area contributed by atoms with Crippen molar-refractivity contribution >= 4 is 11.4 Å². The van der Waals surface area contributed by atoms with E-state index >= 15 is 0 Å². The van der Waals surface area contributed by atoms with Crippen molar-refractivity contribution in [1.82, 2.24) is 4.90 Å². The zero-order valence-electron chi connectivity index (χ0n) is 11.5. The van der Waals surface area contributed by atoms with Crippen LogP contribution in [0.15, 0.2) is 18.2 Å². The molecule has 4 nitrogen and oxygen atoms in total. The number of nitrogens with zero attached hydrogens (tertiary/aromatic N) is 2. The Labute approximate surface area is 109 Å². The van der Waals surface area contributed by atoms with Gasteiger partial charge in [0.25, 0.3) is 0 Å². The number of rotatable bonds is 3. The number of para-hydroxylation sites is 1. The molecule has 0 spiro atoms. The summed E-state index contributed by atoms with van der Waals surface area (Å²) in [6, 6.07) is 6.51. The van der Waals surface area contributed by atoms with E-state index in [4.69, 9.17) is 10.5 Å². The van der Waals surface area contributed by atoms with Gasteiger partial charge in [-0.2, -0.15) is 0 Å². The average molecular weight is 249 g/mol. The Morgan fingerprint density at radius 1 is 1.39 bits per heavy atom. The SMILES string of the molecule is CCOc1cccc(N2CCN(C)CC2C)c1N. The van der Waals surface area contributed by atoms with Gasteiger partial charge in [0.05, 0.1) is 18.0 Å². The van der Waals surface area contributed by atoms with Crippen LogP contribution in [0, 0.1) is 0 Å². The van der Waals surface area contributed by atoms with Gasteiger partial charge in [0.2, 0.25) is 0 Å². The van der Waals surface area contributed by atoms with Crippen LogP contribution < -0.4 is 15.4 Å². The summed E-state index contributed by atoms with van der Waals surface area (Å²) in [4.78, 5) is 4.72. The molecule has 0 saturated carbocycles. The number of piperazine rings is 1. The van der Waals surface area contributed by atoms with Gasteiger partial charge in [-0.05, 0) is 33.0 Å². The van der Waals surface area contributed by atoms with Crippen LogP contribution in [0.3, 0.4) is 0 Å². The summed E-state index contributed by atoms with van der Waals surface area (Å²) in [7, 11) is 2.16. The van der Waals surface area contributed by atoms with E-state index in [1.807, 2.05) is 19.1 Å². The molecule has 2 N–H and O–H groups in total. The van der Waals surface area contributed by atoms with Gasteiger partial charge in [0, 0.05) is 25.7 Å². The van der Waals surface area contributed by atoms with E-state index in [2.05, 4.69) is 29.8 Å². The van der Waals surface area contributed by atoms with Crippen LogP contribution in [-0.2, 0) is 0 Å². The second kappa shape index (κ2) is 5.48. The molecule has 1 aliphatic heterocycles. The lowest BCUT2D eigenvalue weighted by molar-refractivity contribution is 0.275. The molecule has 0 amide bonds. The van der Waals surface area contributed by atoms with E-state index in [0.29, 0.717) is 12.6 Å². The van der Waals surface area contributed by atoms with E-state index < -0.39 is 0 Å². The summed E-state index contributed by atoms with van der Waals surface area (Å²) in [5, 5.41) is 0. The number of nitrogen functional groups attached to an aromatic ring is 1. The maximum atomic E-state index is 6.22. The molecule has 1 atom stereocenters. The summed E-state index contributed by atoms with van der Waals surface area (Å²) >= 11 is 0. The zero-order valence-corrected chi connectivity index (χ0v) is 11.5. The molecule has 0 aliphatic carbocycles. The van der Waals surface area contributed by atoms with Gasteiger partial charge < -0.3 is 20.3 Å². The largest absolute Gasteiger partial charge is 0.492 e. The van der Waals surface area contributed by atoms with Crippen LogP contribution in [0.2, 0.25) is 0 Å². The third-order valence-electron chi connectivity index (χ3n) is 3.48. The molecule has 0 bridgehead atoms. The number of hydrogen-bond donors (Lipinski definition) is 1. The maximum Gasteiger partial charge on any atom is 0.144 e. The molecule has 1 aromatic rings. The third-order valence-corrected chi connectivity index (χ3v) is 3.48. The monoisotopic (exact) mass is 249 g/mol. The Balaban J connectivity index is 2.25. The first-order chi connectivity index (χ1) is 8.63. The molecule has 4 heteroatoms. The zero-order chi connectivity index (χ0) is 13.1. The molecular formula is C14H23N3O. The normalized spacial score (nSPS) is 21.1. The topological polar surface area (TPSA) is 41.7 Å².